The molecule has 2 aromatic carbocycles. The smallest absolute Gasteiger partial charge is 0.126 e. The van der Waals surface area contributed by atoms with Gasteiger partial charge in [0.05, 0.1) is 0 Å². The quantitative estimate of drug-likeness (QED) is 0.873. The molecule has 1 aliphatic carbocycles. The fourth-order valence-corrected chi connectivity index (χ4v) is 2.44. The van der Waals surface area contributed by atoms with Gasteiger partial charge in [0, 0.05) is 23.7 Å². The summed E-state index contributed by atoms with van der Waals surface area (Å²) in [6.45, 7) is 0.651. The molecule has 0 heterocycles. The molecular weight excluding hydrogens is 280 g/mol. The van der Waals surface area contributed by atoms with Crippen molar-refractivity contribution in [3.63, 3.8) is 0 Å². The van der Waals surface area contributed by atoms with Crippen LogP contribution in [0.4, 0.5) is 8.78 Å². The van der Waals surface area contributed by atoms with Crippen molar-refractivity contribution in [2.24, 2.45) is 0 Å². The molecule has 1 nitrogen and oxygen atoms in total. The van der Waals surface area contributed by atoms with Crippen LogP contribution in [0, 0.1) is 11.6 Å². The van der Waals surface area contributed by atoms with Crippen molar-refractivity contribution < 1.29 is 8.78 Å². The van der Waals surface area contributed by atoms with E-state index < -0.39 is 11.6 Å². The number of hydrogen-bond donors (Lipinski definition) is 1. The van der Waals surface area contributed by atoms with Gasteiger partial charge in [-0.1, -0.05) is 17.7 Å². The summed E-state index contributed by atoms with van der Waals surface area (Å²) in [5.74, 6) is -1.15. The van der Waals surface area contributed by atoms with Crippen molar-refractivity contribution in [1.29, 1.82) is 0 Å². The minimum atomic E-state index is -0.573. The fraction of sp³-hybridized carbons (Fsp3) is 0.250. The molecule has 1 N–H and O–H groups in total. The molecule has 0 unspecified atom stereocenters. The second-order valence-electron chi connectivity index (χ2n) is 5.11. The highest BCUT2D eigenvalue weighted by molar-refractivity contribution is 6.30. The van der Waals surface area contributed by atoms with Gasteiger partial charge in [0.15, 0.2) is 0 Å². The van der Waals surface area contributed by atoms with Crippen LogP contribution in [0.15, 0.2) is 36.4 Å². The lowest BCUT2D eigenvalue weighted by atomic mass is 9.99. The molecule has 1 saturated carbocycles. The van der Waals surface area contributed by atoms with Crippen LogP contribution in [0.25, 0.3) is 11.1 Å². The summed E-state index contributed by atoms with van der Waals surface area (Å²) in [5, 5.41) is 4.02. The molecule has 0 aromatic heterocycles. The predicted octanol–water partition coefficient (Wildman–Crippen LogP) is 4.54. The summed E-state index contributed by atoms with van der Waals surface area (Å²) < 4.78 is 26.7. The van der Waals surface area contributed by atoms with E-state index in [9.17, 15) is 8.78 Å². The van der Waals surface area contributed by atoms with E-state index in [0.717, 1.165) is 17.2 Å². The number of rotatable bonds is 4. The number of halogens is 3. The van der Waals surface area contributed by atoms with E-state index in [1.54, 1.807) is 12.1 Å². The summed E-state index contributed by atoms with van der Waals surface area (Å²) in [6, 6.07) is 9.50. The molecular formula is C16H14ClF2N. The molecule has 4 heteroatoms. The normalized spacial score (nSPS) is 14.6. The number of hydrogen-bond acceptors (Lipinski definition) is 1. The molecule has 2 aromatic rings. The van der Waals surface area contributed by atoms with Gasteiger partial charge < -0.3 is 5.32 Å². The van der Waals surface area contributed by atoms with Gasteiger partial charge in [-0.15, -0.1) is 0 Å². The van der Waals surface area contributed by atoms with E-state index in [-0.39, 0.29) is 0 Å². The second-order valence-corrected chi connectivity index (χ2v) is 5.55. The van der Waals surface area contributed by atoms with E-state index in [1.165, 1.54) is 25.0 Å². The van der Waals surface area contributed by atoms with Crippen LogP contribution in [0.3, 0.4) is 0 Å². The molecule has 0 amide bonds. The van der Waals surface area contributed by atoms with Crippen LogP contribution in [-0.4, -0.2) is 6.04 Å². The van der Waals surface area contributed by atoms with Crippen molar-refractivity contribution in [2.45, 2.75) is 25.4 Å². The Morgan fingerprint density at radius 3 is 2.40 bits per heavy atom. The minimum Gasteiger partial charge on any atom is -0.310 e. The predicted molar refractivity (Wildman–Crippen MR) is 76.7 cm³/mol. The zero-order valence-electron chi connectivity index (χ0n) is 10.8. The lowest BCUT2D eigenvalue weighted by molar-refractivity contribution is 0.584. The van der Waals surface area contributed by atoms with Gasteiger partial charge in [-0.3, -0.25) is 0 Å². The maximum absolute atomic E-state index is 13.4. The van der Waals surface area contributed by atoms with Gasteiger partial charge in [0.1, 0.15) is 11.6 Å². The van der Waals surface area contributed by atoms with Gasteiger partial charge in [-0.05, 0) is 53.8 Å². The maximum Gasteiger partial charge on any atom is 0.126 e. The third-order valence-corrected chi connectivity index (χ3v) is 3.63. The highest BCUT2D eigenvalue weighted by atomic mass is 35.5. The van der Waals surface area contributed by atoms with Crippen molar-refractivity contribution in [3.05, 3.63) is 58.6 Å². The first-order valence-corrected chi connectivity index (χ1v) is 6.98. The molecule has 0 bridgehead atoms. The van der Waals surface area contributed by atoms with Crippen molar-refractivity contribution in [1.82, 2.24) is 5.32 Å². The molecule has 0 atom stereocenters. The standard InChI is InChI=1S/C16H14ClF2N/c17-12-1-4-16(10-6-13(18)8-14(19)7-10)11(5-12)9-20-15-2-3-15/h1,4-8,15,20H,2-3,9H2. The Hall–Kier alpha value is -1.45. The van der Waals surface area contributed by atoms with Crippen LogP contribution >= 0.6 is 11.6 Å². The molecule has 1 aliphatic rings. The number of nitrogens with one attached hydrogen (secondary N) is 1. The molecule has 0 saturated heterocycles. The highest BCUT2D eigenvalue weighted by Gasteiger charge is 2.20. The number of benzene rings is 2. The Kier molecular flexibility index (Phi) is 3.72. The zero-order valence-corrected chi connectivity index (χ0v) is 11.6. The van der Waals surface area contributed by atoms with Crippen LogP contribution in [0.2, 0.25) is 5.02 Å². The summed E-state index contributed by atoms with van der Waals surface area (Å²) >= 11 is 6.02. The molecule has 1 fully saturated rings. The molecule has 3 rings (SSSR count). The average Bonchev–Trinajstić information content (AvgIpc) is 3.19. The Morgan fingerprint density at radius 2 is 1.75 bits per heavy atom. The van der Waals surface area contributed by atoms with E-state index in [0.29, 0.717) is 23.2 Å². The summed E-state index contributed by atoms with van der Waals surface area (Å²) in [5.41, 5.74) is 2.29. The van der Waals surface area contributed by atoms with Crippen LogP contribution < -0.4 is 5.32 Å². The Bertz CT molecular complexity index is 618. The molecule has 104 valence electrons. The lowest BCUT2D eigenvalue weighted by Crippen LogP contribution is -2.15. The first-order chi connectivity index (χ1) is 9.61. The largest absolute Gasteiger partial charge is 0.310 e. The van der Waals surface area contributed by atoms with Crippen molar-refractivity contribution in [2.75, 3.05) is 0 Å². The minimum absolute atomic E-state index is 0.534. The zero-order chi connectivity index (χ0) is 14.1. The maximum atomic E-state index is 13.4. The van der Waals surface area contributed by atoms with Crippen molar-refractivity contribution in [3.8, 4) is 11.1 Å². The summed E-state index contributed by atoms with van der Waals surface area (Å²) in [4.78, 5) is 0. The summed E-state index contributed by atoms with van der Waals surface area (Å²) in [7, 11) is 0. The third-order valence-electron chi connectivity index (χ3n) is 3.40. The van der Waals surface area contributed by atoms with Crippen molar-refractivity contribution >= 4 is 11.6 Å². The highest BCUT2D eigenvalue weighted by Crippen LogP contribution is 2.29. The van der Waals surface area contributed by atoms with E-state index in [4.69, 9.17) is 11.6 Å². The fourth-order valence-electron chi connectivity index (χ4n) is 2.24. The first-order valence-electron chi connectivity index (χ1n) is 6.60. The molecule has 0 spiro atoms. The SMILES string of the molecule is Fc1cc(F)cc(-c2ccc(Cl)cc2CNC2CC2)c1. The van der Waals surface area contributed by atoms with Gasteiger partial charge >= 0.3 is 0 Å². The first kappa shape index (κ1) is 13.5. The van der Waals surface area contributed by atoms with Crippen LogP contribution in [0.5, 0.6) is 0 Å². The topological polar surface area (TPSA) is 12.0 Å². The van der Waals surface area contributed by atoms with E-state index in [1.807, 2.05) is 6.07 Å². The Morgan fingerprint density at radius 1 is 1.05 bits per heavy atom. The Balaban J connectivity index is 1.97. The van der Waals surface area contributed by atoms with Crippen LogP contribution in [0.1, 0.15) is 18.4 Å². The third kappa shape index (κ3) is 3.17. The second kappa shape index (κ2) is 5.51. The monoisotopic (exact) mass is 293 g/mol. The van der Waals surface area contributed by atoms with Gasteiger partial charge in [0.25, 0.3) is 0 Å². The van der Waals surface area contributed by atoms with E-state index >= 15 is 0 Å². The van der Waals surface area contributed by atoms with Gasteiger partial charge in [-0.2, -0.15) is 0 Å². The van der Waals surface area contributed by atoms with E-state index in [2.05, 4.69) is 5.32 Å². The lowest BCUT2D eigenvalue weighted by Gasteiger charge is -2.11. The molecule has 20 heavy (non-hydrogen) atoms. The van der Waals surface area contributed by atoms with Gasteiger partial charge in [-0.25, -0.2) is 8.78 Å². The summed E-state index contributed by atoms with van der Waals surface area (Å²) in [6.07, 6.45) is 2.37. The van der Waals surface area contributed by atoms with Gasteiger partial charge in [0.2, 0.25) is 0 Å². The van der Waals surface area contributed by atoms with Crippen LogP contribution in [-0.2, 0) is 6.54 Å². The molecule has 0 aliphatic heterocycles. The Labute approximate surface area is 121 Å². The molecule has 0 radical (unpaired) electrons. The average molecular weight is 294 g/mol.